The fourth-order valence-electron chi connectivity index (χ4n) is 2.25. The lowest BCUT2D eigenvalue weighted by molar-refractivity contribution is 0.333. The first-order valence-corrected chi connectivity index (χ1v) is 10.3. The third kappa shape index (κ3) is 13.6. The maximum Gasteiger partial charge on any atom is 0.0134 e. The van der Waals surface area contributed by atoms with Crippen molar-refractivity contribution in [2.75, 3.05) is 30.1 Å². The SMILES string of the molecule is CSC[C@@H](C)NC(C)(C)CCCSCCNC(C)(C)C. The Labute approximate surface area is 136 Å². The summed E-state index contributed by atoms with van der Waals surface area (Å²) in [7, 11) is 0. The molecule has 0 aliphatic heterocycles. The third-order valence-corrected chi connectivity index (χ3v) is 4.95. The van der Waals surface area contributed by atoms with E-state index in [1.54, 1.807) is 0 Å². The Kier molecular flexibility index (Phi) is 10.7. The lowest BCUT2D eigenvalue weighted by atomic mass is 9.98. The molecule has 0 radical (unpaired) electrons. The van der Waals surface area contributed by atoms with Crippen LogP contribution in [0, 0.1) is 0 Å². The van der Waals surface area contributed by atoms with Crippen LogP contribution < -0.4 is 10.6 Å². The summed E-state index contributed by atoms with van der Waals surface area (Å²) in [4.78, 5) is 0. The number of hydrogen-bond acceptors (Lipinski definition) is 4. The van der Waals surface area contributed by atoms with Crippen molar-refractivity contribution in [2.45, 2.75) is 71.5 Å². The van der Waals surface area contributed by atoms with Crippen molar-refractivity contribution in [1.82, 2.24) is 10.6 Å². The lowest BCUT2D eigenvalue weighted by Crippen LogP contribution is -2.45. The monoisotopic (exact) mass is 320 g/mol. The highest BCUT2D eigenvalue weighted by Gasteiger charge is 2.19. The molecule has 0 heterocycles. The van der Waals surface area contributed by atoms with Crippen molar-refractivity contribution >= 4 is 23.5 Å². The Morgan fingerprint density at radius 2 is 1.70 bits per heavy atom. The average Bonchev–Trinajstić information content (AvgIpc) is 2.25. The molecule has 0 aromatic rings. The van der Waals surface area contributed by atoms with Crippen molar-refractivity contribution in [3.05, 3.63) is 0 Å². The van der Waals surface area contributed by atoms with E-state index in [0.717, 1.165) is 6.54 Å². The van der Waals surface area contributed by atoms with Crippen molar-refractivity contribution in [2.24, 2.45) is 0 Å². The van der Waals surface area contributed by atoms with Crippen molar-refractivity contribution in [3.63, 3.8) is 0 Å². The van der Waals surface area contributed by atoms with E-state index in [0.29, 0.717) is 6.04 Å². The summed E-state index contributed by atoms with van der Waals surface area (Å²) in [5.74, 6) is 3.68. The minimum atomic E-state index is 0.250. The third-order valence-electron chi connectivity index (χ3n) is 3.05. The van der Waals surface area contributed by atoms with Gasteiger partial charge < -0.3 is 10.6 Å². The molecule has 20 heavy (non-hydrogen) atoms. The largest absolute Gasteiger partial charge is 0.311 e. The van der Waals surface area contributed by atoms with E-state index >= 15 is 0 Å². The number of rotatable bonds is 11. The molecular formula is C16H36N2S2. The smallest absolute Gasteiger partial charge is 0.0134 e. The van der Waals surface area contributed by atoms with Gasteiger partial charge in [-0.2, -0.15) is 23.5 Å². The second-order valence-electron chi connectivity index (χ2n) is 7.28. The molecule has 0 saturated carbocycles. The first kappa shape index (κ1) is 20.6. The highest BCUT2D eigenvalue weighted by molar-refractivity contribution is 7.99. The van der Waals surface area contributed by atoms with Gasteiger partial charge in [-0.3, -0.25) is 0 Å². The summed E-state index contributed by atoms with van der Waals surface area (Å²) < 4.78 is 0. The lowest BCUT2D eigenvalue weighted by Gasteiger charge is -2.30. The molecule has 0 spiro atoms. The molecule has 4 heteroatoms. The predicted molar refractivity (Wildman–Crippen MR) is 99.4 cm³/mol. The zero-order valence-corrected chi connectivity index (χ0v) is 16.3. The second-order valence-corrected chi connectivity index (χ2v) is 9.41. The van der Waals surface area contributed by atoms with Crippen LogP contribution in [0.2, 0.25) is 0 Å². The first-order chi connectivity index (χ1) is 9.16. The Morgan fingerprint density at radius 3 is 2.25 bits per heavy atom. The van der Waals surface area contributed by atoms with Gasteiger partial charge in [0.2, 0.25) is 0 Å². The molecule has 0 aliphatic rings. The van der Waals surface area contributed by atoms with Crippen LogP contribution in [0.3, 0.4) is 0 Å². The Hall–Kier alpha value is 0.620. The topological polar surface area (TPSA) is 24.1 Å². The van der Waals surface area contributed by atoms with Gasteiger partial charge in [0.15, 0.2) is 0 Å². The zero-order chi connectivity index (χ0) is 15.6. The van der Waals surface area contributed by atoms with Crippen LogP contribution in [-0.4, -0.2) is 47.2 Å². The Bertz CT molecular complexity index is 237. The molecule has 122 valence electrons. The highest BCUT2D eigenvalue weighted by Crippen LogP contribution is 2.16. The summed E-state index contributed by atoms with van der Waals surface area (Å²) in [5.41, 5.74) is 0.513. The quantitative estimate of drug-likeness (QED) is 0.562. The van der Waals surface area contributed by atoms with E-state index in [2.05, 4.69) is 70.2 Å². The average molecular weight is 321 g/mol. The van der Waals surface area contributed by atoms with Gasteiger partial charge in [0.1, 0.15) is 0 Å². The van der Waals surface area contributed by atoms with E-state index in [-0.39, 0.29) is 11.1 Å². The van der Waals surface area contributed by atoms with Crippen LogP contribution >= 0.6 is 23.5 Å². The minimum Gasteiger partial charge on any atom is -0.311 e. The fourth-order valence-corrected chi connectivity index (χ4v) is 3.63. The van der Waals surface area contributed by atoms with E-state index in [1.807, 2.05) is 11.8 Å². The van der Waals surface area contributed by atoms with Gasteiger partial charge in [-0.15, -0.1) is 0 Å². The normalized spacial score (nSPS) is 14.6. The molecule has 0 bridgehead atoms. The van der Waals surface area contributed by atoms with Gasteiger partial charge in [0.25, 0.3) is 0 Å². The summed E-state index contributed by atoms with van der Waals surface area (Å²) in [5, 5.41) is 7.27. The highest BCUT2D eigenvalue weighted by atomic mass is 32.2. The van der Waals surface area contributed by atoms with E-state index in [9.17, 15) is 0 Å². The molecule has 2 nitrogen and oxygen atoms in total. The molecule has 1 atom stereocenters. The van der Waals surface area contributed by atoms with Crippen LogP contribution in [-0.2, 0) is 0 Å². The predicted octanol–water partition coefficient (Wildman–Crippen LogP) is 4.01. The minimum absolute atomic E-state index is 0.250. The fraction of sp³-hybridized carbons (Fsp3) is 1.00. The van der Waals surface area contributed by atoms with Crippen molar-refractivity contribution in [1.29, 1.82) is 0 Å². The molecule has 2 N–H and O–H groups in total. The van der Waals surface area contributed by atoms with Gasteiger partial charge in [0.05, 0.1) is 0 Å². The van der Waals surface area contributed by atoms with Gasteiger partial charge >= 0.3 is 0 Å². The first-order valence-electron chi connectivity index (χ1n) is 7.76. The van der Waals surface area contributed by atoms with Gasteiger partial charge in [-0.25, -0.2) is 0 Å². The summed E-state index contributed by atoms with van der Waals surface area (Å²) in [6.07, 6.45) is 4.73. The van der Waals surface area contributed by atoms with Crippen LogP contribution in [0.4, 0.5) is 0 Å². The summed E-state index contributed by atoms with van der Waals surface area (Å²) in [6.45, 7) is 14.7. The molecule has 0 saturated heterocycles. The van der Waals surface area contributed by atoms with Crippen LogP contribution in [0.25, 0.3) is 0 Å². The Morgan fingerprint density at radius 1 is 1.05 bits per heavy atom. The van der Waals surface area contributed by atoms with Crippen LogP contribution in [0.5, 0.6) is 0 Å². The van der Waals surface area contributed by atoms with E-state index in [1.165, 1.54) is 30.1 Å². The van der Waals surface area contributed by atoms with Crippen LogP contribution in [0.1, 0.15) is 54.4 Å². The van der Waals surface area contributed by atoms with E-state index in [4.69, 9.17) is 0 Å². The molecular weight excluding hydrogens is 284 g/mol. The van der Waals surface area contributed by atoms with Crippen molar-refractivity contribution in [3.8, 4) is 0 Å². The maximum atomic E-state index is 3.74. The maximum absolute atomic E-state index is 3.74. The number of thioether (sulfide) groups is 2. The van der Waals surface area contributed by atoms with Gasteiger partial charge in [-0.1, -0.05) is 0 Å². The van der Waals surface area contributed by atoms with Gasteiger partial charge in [0, 0.05) is 35.2 Å². The summed E-state index contributed by atoms with van der Waals surface area (Å²) >= 11 is 3.99. The molecule has 0 amide bonds. The molecule has 0 fully saturated rings. The van der Waals surface area contributed by atoms with Crippen LogP contribution in [0.15, 0.2) is 0 Å². The summed E-state index contributed by atoms with van der Waals surface area (Å²) in [6, 6.07) is 0.601. The number of hydrogen-bond donors (Lipinski definition) is 2. The standard InChI is InChI=1S/C16H36N2S2/c1-14(13-19-7)18-16(5,6)9-8-11-20-12-10-17-15(2,3)4/h14,17-18H,8-13H2,1-7H3/t14-/m1/s1. The molecule has 0 unspecified atom stereocenters. The van der Waals surface area contributed by atoms with E-state index < -0.39 is 0 Å². The second kappa shape index (κ2) is 10.4. The zero-order valence-electron chi connectivity index (χ0n) is 14.6. The number of nitrogens with one attached hydrogen (secondary N) is 2. The van der Waals surface area contributed by atoms with Gasteiger partial charge in [-0.05, 0) is 66.4 Å². The van der Waals surface area contributed by atoms with Crippen molar-refractivity contribution < 1.29 is 0 Å². The molecule has 0 rings (SSSR count). The molecule has 0 aromatic heterocycles. The Balaban J connectivity index is 3.58. The molecule has 0 aliphatic carbocycles. The molecule has 0 aromatic carbocycles.